The average molecular weight is 323 g/mol. The lowest BCUT2D eigenvalue weighted by Gasteiger charge is -2.47. The van der Waals surface area contributed by atoms with Gasteiger partial charge in [-0.3, -0.25) is 14.8 Å². The van der Waals surface area contributed by atoms with E-state index in [4.69, 9.17) is 4.74 Å². The third-order valence-corrected chi connectivity index (χ3v) is 6.00. The van der Waals surface area contributed by atoms with Crippen molar-refractivity contribution in [2.45, 2.75) is 31.7 Å². The van der Waals surface area contributed by atoms with Gasteiger partial charge >= 0.3 is 0 Å². The summed E-state index contributed by atoms with van der Waals surface area (Å²) in [7, 11) is 3.66. The van der Waals surface area contributed by atoms with Crippen LogP contribution in [0.15, 0.2) is 4.99 Å². The first-order valence-electron chi connectivity index (χ1n) is 9.14. The van der Waals surface area contributed by atoms with Crippen molar-refractivity contribution in [3.63, 3.8) is 0 Å². The molecule has 0 aromatic heterocycles. The molecule has 1 saturated carbocycles. The highest BCUT2D eigenvalue weighted by molar-refractivity contribution is 5.79. The van der Waals surface area contributed by atoms with Crippen LogP contribution < -0.4 is 10.6 Å². The van der Waals surface area contributed by atoms with E-state index >= 15 is 0 Å². The summed E-state index contributed by atoms with van der Waals surface area (Å²) in [6.07, 6.45) is 5.13. The van der Waals surface area contributed by atoms with Crippen molar-refractivity contribution >= 4 is 5.96 Å². The minimum atomic E-state index is 0.423. The van der Waals surface area contributed by atoms with E-state index in [9.17, 15) is 0 Å². The number of hydrogen-bond donors (Lipinski definition) is 2. The Bertz CT molecular complexity index is 402. The highest BCUT2D eigenvalue weighted by Crippen LogP contribution is 2.43. The van der Waals surface area contributed by atoms with Gasteiger partial charge in [0.2, 0.25) is 0 Å². The quantitative estimate of drug-likeness (QED) is 0.523. The molecule has 1 unspecified atom stereocenters. The monoisotopic (exact) mass is 323 g/mol. The van der Waals surface area contributed by atoms with Crippen molar-refractivity contribution < 1.29 is 4.74 Å². The Labute approximate surface area is 140 Å². The fourth-order valence-electron chi connectivity index (χ4n) is 4.14. The van der Waals surface area contributed by atoms with Crippen molar-refractivity contribution in [2.24, 2.45) is 10.4 Å². The molecule has 4 aliphatic rings. The molecule has 3 heterocycles. The molecule has 23 heavy (non-hydrogen) atoms. The molecular weight excluding hydrogens is 290 g/mol. The van der Waals surface area contributed by atoms with Gasteiger partial charge in [-0.05, 0) is 24.7 Å². The van der Waals surface area contributed by atoms with E-state index in [2.05, 4.69) is 25.4 Å². The lowest BCUT2D eigenvalue weighted by Crippen LogP contribution is -2.64. The summed E-state index contributed by atoms with van der Waals surface area (Å²) < 4.78 is 5.28. The van der Waals surface area contributed by atoms with Crippen LogP contribution in [0.2, 0.25) is 0 Å². The zero-order chi connectivity index (χ0) is 16.1. The van der Waals surface area contributed by atoms with Gasteiger partial charge in [0, 0.05) is 72.6 Å². The summed E-state index contributed by atoms with van der Waals surface area (Å²) >= 11 is 0. The highest BCUT2D eigenvalue weighted by atomic mass is 16.5. The maximum atomic E-state index is 5.28. The van der Waals surface area contributed by atoms with E-state index < -0.39 is 0 Å². The van der Waals surface area contributed by atoms with Crippen LogP contribution in [0.25, 0.3) is 0 Å². The first-order valence-corrected chi connectivity index (χ1v) is 9.14. The number of piperazine rings is 3. The average Bonchev–Trinajstić information content (AvgIpc) is 2.57. The molecular formula is C17H33N5O. The highest BCUT2D eigenvalue weighted by Gasteiger charge is 2.36. The standard InChI is InChI=1S/C17H33N5O/c1-18-16(20-14-17(4-3-5-17)6-11-23-2)19-12-15-13-21-7-9-22(15)10-8-21/h15H,3-14H2,1-2H3,(H2,18,19,20). The third kappa shape index (κ3) is 4.17. The molecule has 0 aromatic rings. The van der Waals surface area contributed by atoms with Gasteiger partial charge < -0.3 is 15.4 Å². The van der Waals surface area contributed by atoms with Gasteiger partial charge in [-0.2, -0.15) is 0 Å². The zero-order valence-corrected chi connectivity index (χ0v) is 14.8. The Morgan fingerprint density at radius 1 is 1.22 bits per heavy atom. The van der Waals surface area contributed by atoms with E-state index in [-0.39, 0.29) is 0 Å². The van der Waals surface area contributed by atoms with E-state index in [0.29, 0.717) is 11.5 Å². The van der Waals surface area contributed by atoms with Crippen molar-refractivity contribution in [1.82, 2.24) is 20.4 Å². The van der Waals surface area contributed by atoms with E-state index in [0.717, 1.165) is 32.1 Å². The predicted molar refractivity (Wildman–Crippen MR) is 93.9 cm³/mol. The Morgan fingerprint density at radius 3 is 2.52 bits per heavy atom. The second-order valence-corrected chi connectivity index (χ2v) is 7.39. The maximum absolute atomic E-state index is 5.28. The second kappa shape index (κ2) is 7.81. The fraction of sp³-hybridized carbons (Fsp3) is 0.941. The van der Waals surface area contributed by atoms with Crippen LogP contribution in [0.5, 0.6) is 0 Å². The Kier molecular flexibility index (Phi) is 5.77. The molecule has 0 aromatic carbocycles. The minimum Gasteiger partial charge on any atom is -0.385 e. The molecule has 2 N–H and O–H groups in total. The van der Waals surface area contributed by atoms with Gasteiger partial charge in [-0.25, -0.2) is 0 Å². The molecule has 6 nitrogen and oxygen atoms in total. The Morgan fingerprint density at radius 2 is 2.00 bits per heavy atom. The molecule has 3 saturated heterocycles. The number of rotatable bonds is 7. The number of ether oxygens (including phenoxy) is 1. The van der Waals surface area contributed by atoms with Crippen LogP contribution in [0.1, 0.15) is 25.7 Å². The van der Waals surface area contributed by atoms with Crippen LogP contribution in [0.4, 0.5) is 0 Å². The van der Waals surface area contributed by atoms with Crippen molar-refractivity contribution in [3.8, 4) is 0 Å². The molecule has 6 heteroatoms. The summed E-state index contributed by atoms with van der Waals surface area (Å²) in [4.78, 5) is 9.60. The predicted octanol–water partition coefficient (Wildman–Crippen LogP) is 0.358. The van der Waals surface area contributed by atoms with Crippen molar-refractivity contribution in [2.75, 3.05) is 66.6 Å². The number of fused-ring (bicyclic) bond motifs is 3. The molecule has 1 atom stereocenters. The third-order valence-electron chi connectivity index (χ3n) is 6.00. The minimum absolute atomic E-state index is 0.423. The number of methoxy groups -OCH3 is 1. The van der Waals surface area contributed by atoms with Gasteiger partial charge in [-0.15, -0.1) is 0 Å². The smallest absolute Gasteiger partial charge is 0.191 e. The molecule has 0 radical (unpaired) electrons. The summed E-state index contributed by atoms with van der Waals surface area (Å²) in [5.74, 6) is 0.950. The Hall–Kier alpha value is -0.850. The van der Waals surface area contributed by atoms with Gasteiger partial charge in [0.1, 0.15) is 0 Å². The van der Waals surface area contributed by atoms with Crippen LogP contribution in [0.3, 0.4) is 0 Å². The number of aliphatic imine (C=N–C) groups is 1. The number of nitrogens with one attached hydrogen (secondary N) is 2. The van der Waals surface area contributed by atoms with Gasteiger partial charge in [-0.1, -0.05) is 6.42 Å². The van der Waals surface area contributed by atoms with E-state index in [1.807, 2.05) is 7.05 Å². The zero-order valence-electron chi connectivity index (χ0n) is 14.8. The first-order chi connectivity index (χ1) is 11.2. The molecule has 0 amide bonds. The molecule has 132 valence electrons. The second-order valence-electron chi connectivity index (χ2n) is 7.39. The maximum Gasteiger partial charge on any atom is 0.191 e. The van der Waals surface area contributed by atoms with Crippen LogP contribution in [-0.2, 0) is 4.74 Å². The molecule has 4 fully saturated rings. The van der Waals surface area contributed by atoms with Crippen LogP contribution in [0, 0.1) is 5.41 Å². The molecule has 3 aliphatic heterocycles. The summed E-state index contributed by atoms with van der Waals surface area (Å²) in [5.41, 5.74) is 0.423. The molecule has 1 aliphatic carbocycles. The molecule has 4 rings (SSSR count). The van der Waals surface area contributed by atoms with Crippen LogP contribution in [-0.4, -0.2) is 88.4 Å². The lowest BCUT2D eigenvalue weighted by atomic mass is 9.67. The topological polar surface area (TPSA) is 52.1 Å². The van der Waals surface area contributed by atoms with Gasteiger partial charge in [0.15, 0.2) is 5.96 Å². The summed E-state index contributed by atoms with van der Waals surface area (Å²) in [5, 5.41) is 7.10. The van der Waals surface area contributed by atoms with Gasteiger partial charge in [0.25, 0.3) is 0 Å². The fourth-order valence-corrected chi connectivity index (χ4v) is 4.14. The number of hydrogen-bond acceptors (Lipinski definition) is 4. The van der Waals surface area contributed by atoms with Gasteiger partial charge in [0.05, 0.1) is 0 Å². The first kappa shape index (κ1) is 17.0. The van der Waals surface area contributed by atoms with E-state index in [1.54, 1.807) is 7.11 Å². The lowest BCUT2D eigenvalue weighted by molar-refractivity contribution is 0.0153. The normalized spacial score (nSPS) is 32.4. The Balaban J connectivity index is 1.41. The summed E-state index contributed by atoms with van der Waals surface area (Å²) in [6, 6.07) is 0.627. The summed E-state index contributed by atoms with van der Waals surface area (Å²) in [6.45, 7) is 8.98. The number of guanidine groups is 1. The van der Waals surface area contributed by atoms with E-state index in [1.165, 1.54) is 52.0 Å². The molecule has 0 spiro atoms. The van der Waals surface area contributed by atoms with Crippen molar-refractivity contribution in [1.29, 1.82) is 0 Å². The number of nitrogens with zero attached hydrogens (tertiary/aromatic N) is 3. The SMILES string of the molecule is CN=C(NCC1CN2CCN1CC2)NCC1(CCOC)CCC1. The largest absolute Gasteiger partial charge is 0.385 e. The van der Waals surface area contributed by atoms with Crippen LogP contribution >= 0.6 is 0 Å². The van der Waals surface area contributed by atoms with Crippen molar-refractivity contribution in [3.05, 3.63) is 0 Å². The molecule has 2 bridgehead atoms.